The van der Waals surface area contributed by atoms with Crippen molar-refractivity contribution in [3.05, 3.63) is 52.7 Å². The SMILES string of the molecule is COc1nc(C)cc(C)c1CNC(=O)C(=O)Nc1cccc(C#N)c1. The normalized spacial score (nSPS) is 9.84. The third kappa shape index (κ3) is 4.54. The van der Waals surface area contributed by atoms with Crippen LogP contribution in [0.1, 0.15) is 22.4 Å². The lowest BCUT2D eigenvalue weighted by molar-refractivity contribution is -0.136. The monoisotopic (exact) mass is 338 g/mol. The quantitative estimate of drug-likeness (QED) is 0.828. The standard InChI is InChI=1S/C18H18N4O3/c1-11-7-12(2)21-18(25-3)15(11)10-20-16(23)17(24)22-14-6-4-5-13(8-14)9-19/h4-8H,10H2,1-3H3,(H,20,23)(H,22,24). The molecule has 128 valence electrons. The predicted molar refractivity (Wildman–Crippen MR) is 91.9 cm³/mol. The zero-order chi connectivity index (χ0) is 18.4. The summed E-state index contributed by atoms with van der Waals surface area (Å²) in [6.07, 6.45) is 0. The predicted octanol–water partition coefficient (Wildman–Crippen LogP) is 1.83. The van der Waals surface area contributed by atoms with Crippen molar-refractivity contribution in [3.63, 3.8) is 0 Å². The number of ether oxygens (including phenoxy) is 1. The van der Waals surface area contributed by atoms with Crippen LogP contribution in [0.2, 0.25) is 0 Å². The summed E-state index contributed by atoms with van der Waals surface area (Å²) in [5.74, 6) is -1.18. The van der Waals surface area contributed by atoms with E-state index in [-0.39, 0.29) is 6.54 Å². The molecule has 0 aliphatic rings. The van der Waals surface area contributed by atoms with Crippen molar-refractivity contribution in [2.24, 2.45) is 0 Å². The molecule has 0 unspecified atom stereocenters. The molecule has 7 heteroatoms. The topological polar surface area (TPSA) is 104 Å². The summed E-state index contributed by atoms with van der Waals surface area (Å²) < 4.78 is 5.23. The molecule has 7 nitrogen and oxygen atoms in total. The summed E-state index contributed by atoms with van der Waals surface area (Å²) in [6, 6.07) is 10.2. The number of anilines is 1. The van der Waals surface area contributed by atoms with Crippen LogP contribution in [0.25, 0.3) is 0 Å². The van der Waals surface area contributed by atoms with Crippen LogP contribution in [-0.2, 0) is 16.1 Å². The molecular weight excluding hydrogens is 320 g/mol. The summed E-state index contributed by atoms with van der Waals surface area (Å²) in [5, 5.41) is 13.9. The van der Waals surface area contributed by atoms with Gasteiger partial charge in [-0.1, -0.05) is 6.07 Å². The second-order valence-corrected chi connectivity index (χ2v) is 5.40. The zero-order valence-electron chi connectivity index (χ0n) is 14.2. The molecule has 1 aromatic carbocycles. The van der Waals surface area contributed by atoms with E-state index in [1.54, 1.807) is 18.2 Å². The first-order chi connectivity index (χ1) is 11.9. The van der Waals surface area contributed by atoms with Crippen LogP contribution in [0.4, 0.5) is 5.69 Å². The molecule has 0 saturated carbocycles. The van der Waals surface area contributed by atoms with Crippen molar-refractivity contribution >= 4 is 17.5 Å². The van der Waals surface area contributed by atoms with Crippen molar-refractivity contribution in [1.82, 2.24) is 10.3 Å². The average Bonchev–Trinajstić information content (AvgIpc) is 2.60. The Balaban J connectivity index is 2.03. The van der Waals surface area contributed by atoms with Gasteiger partial charge in [-0.3, -0.25) is 9.59 Å². The van der Waals surface area contributed by atoms with Crippen molar-refractivity contribution in [3.8, 4) is 11.9 Å². The highest BCUT2D eigenvalue weighted by Crippen LogP contribution is 2.20. The van der Waals surface area contributed by atoms with E-state index in [1.165, 1.54) is 13.2 Å². The van der Waals surface area contributed by atoms with Gasteiger partial charge in [-0.25, -0.2) is 4.98 Å². The Morgan fingerprint density at radius 2 is 2.00 bits per heavy atom. The van der Waals surface area contributed by atoms with Gasteiger partial charge in [0.05, 0.1) is 18.7 Å². The average molecular weight is 338 g/mol. The summed E-state index contributed by atoms with van der Waals surface area (Å²) >= 11 is 0. The first-order valence-corrected chi connectivity index (χ1v) is 7.55. The van der Waals surface area contributed by atoms with E-state index in [9.17, 15) is 9.59 Å². The second kappa shape index (κ2) is 7.93. The van der Waals surface area contributed by atoms with E-state index >= 15 is 0 Å². The summed E-state index contributed by atoms with van der Waals surface area (Å²) in [7, 11) is 1.50. The molecule has 0 spiro atoms. The fourth-order valence-corrected chi connectivity index (χ4v) is 2.32. The Bertz CT molecular complexity index is 856. The number of carbonyl (C=O) groups is 2. The minimum atomic E-state index is -0.813. The molecule has 2 N–H and O–H groups in total. The first-order valence-electron chi connectivity index (χ1n) is 7.55. The first kappa shape index (κ1) is 17.9. The van der Waals surface area contributed by atoms with Crippen LogP contribution >= 0.6 is 0 Å². The van der Waals surface area contributed by atoms with Crippen LogP contribution in [0.15, 0.2) is 30.3 Å². The number of rotatable bonds is 4. The van der Waals surface area contributed by atoms with Crippen molar-refractivity contribution in [2.45, 2.75) is 20.4 Å². The number of carbonyl (C=O) groups excluding carboxylic acids is 2. The second-order valence-electron chi connectivity index (χ2n) is 5.40. The van der Waals surface area contributed by atoms with Crippen LogP contribution in [0.3, 0.4) is 0 Å². The van der Waals surface area contributed by atoms with E-state index in [0.29, 0.717) is 22.7 Å². The molecule has 0 fully saturated rings. The number of hydrogen-bond donors (Lipinski definition) is 2. The van der Waals surface area contributed by atoms with Crippen LogP contribution in [0, 0.1) is 25.2 Å². The van der Waals surface area contributed by atoms with E-state index in [4.69, 9.17) is 10.00 Å². The molecule has 0 bridgehead atoms. The minimum Gasteiger partial charge on any atom is -0.481 e. The molecule has 0 aliphatic heterocycles. The maximum Gasteiger partial charge on any atom is 0.313 e. The van der Waals surface area contributed by atoms with Crippen LogP contribution in [0.5, 0.6) is 5.88 Å². The molecule has 0 radical (unpaired) electrons. The number of nitriles is 1. The highest BCUT2D eigenvalue weighted by molar-refractivity contribution is 6.39. The molecule has 0 aliphatic carbocycles. The minimum absolute atomic E-state index is 0.118. The highest BCUT2D eigenvalue weighted by atomic mass is 16.5. The summed E-state index contributed by atoms with van der Waals surface area (Å²) in [4.78, 5) is 28.2. The number of benzene rings is 1. The smallest absolute Gasteiger partial charge is 0.313 e. The van der Waals surface area contributed by atoms with Gasteiger partial charge in [0.2, 0.25) is 5.88 Å². The third-order valence-electron chi connectivity index (χ3n) is 3.51. The molecule has 2 amide bonds. The lowest BCUT2D eigenvalue weighted by Crippen LogP contribution is -2.35. The van der Waals surface area contributed by atoms with Gasteiger partial charge in [0, 0.05) is 23.5 Å². The van der Waals surface area contributed by atoms with Gasteiger partial charge < -0.3 is 15.4 Å². The van der Waals surface area contributed by atoms with E-state index < -0.39 is 11.8 Å². The number of aryl methyl sites for hydroxylation is 2. The van der Waals surface area contributed by atoms with Gasteiger partial charge in [0.15, 0.2) is 0 Å². The molecule has 25 heavy (non-hydrogen) atoms. The fraction of sp³-hybridized carbons (Fsp3) is 0.222. The number of hydrogen-bond acceptors (Lipinski definition) is 5. The van der Waals surface area contributed by atoms with Gasteiger partial charge in [-0.05, 0) is 43.7 Å². The van der Waals surface area contributed by atoms with E-state index in [1.807, 2.05) is 26.0 Å². The van der Waals surface area contributed by atoms with Crippen molar-refractivity contribution in [2.75, 3.05) is 12.4 Å². The third-order valence-corrected chi connectivity index (χ3v) is 3.51. The van der Waals surface area contributed by atoms with Gasteiger partial charge >= 0.3 is 11.8 Å². The largest absolute Gasteiger partial charge is 0.481 e. The number of methoxy groups -OCH3 is 1. The Hall–Kier alpha value is -3.40. The Morgan fingerprint density at radius 3 is 2.68 bits per heavy atom. The lowest BCUT2D eigenvalue weighted by atomic mass is 10.1. The van der Waals surface area contributed by atoms with Gasteiger partial charge in [0.25, 0.3) is 0 Å². The molecule has 1 heterocycles. The van der Waals surface area contributed by atoms with E-state index in [2.05, 4.69) is 15.6 Å². The maximum atomic E-state index is 12.0. The Morgan fingerprint density at radius 1 is 1.24 bits per heavy atom. The highest BCUT2D eigenvalue weighted by Gasteiger charge is 2.16. The van der Waals surface area contributed by atoms with Gasteiger partial charge in [0.1, 0.15) is 0 Å². The Labute approximate surface area is 145 Å². The number of amides is 2. The number of pyridine rings is 1. The van der Waals surface area contributed by atoms with Crippen LogP contribution in [-0.4, -0.2) is 23.9 Å². The molecular formula is C18H18N4O3. The van der Waals surface area contributed by atoms with Crippen molar-refractivity contribution in [1.29, 1.82) is 5.26 Å². The molecule has 2 rings (SSSR count). The summed E-state index contributed by atoms with van der Waals surface area (Å²) in [6.45, 7) is 3.85. The van der Waals surface area contributed by atoms with Gasteiger partial charge in [-0.2, -0.15) is 5.26 Å². The maximum absolute atomic E-state index is 12.0. The lowest BCUT2D eigenvalue weighted by Gasteiger charge is -2.12. The van der Waals surface area contributed by atoms with Crippen LogP contribution < -0.4 is 15.4 Å². The number of aromatic nitrogens is 1. The Kier molecular flexibility index (Phi) is 5.69. The summed E-state index contributed by atoms with van der Waals surface area (Å²) in [5.41, 5.74) is 3.20. The molecule has 2 aromatic rings. The molecule has 0 saturated heterocycles. The fourth-order valence-electron chi connectivity index (χ4n) is 2.32. The molecule has 1 aromatic heterocycles. The number of nitrogens with one attached hydrogen (secondary N) is 2. The van der Waals surface area contributed by atoms with Gasteiger partial charge in [-0.15, -0.1) is 0 Å². The number of nitrogens with zero attached hydrogens (tertiary/aromatic N) is 2. The molecule has 0 atom stereocenters. The van der Waals surface area contributed by atoms with Crippen molar-refractivity contribution < 1.29 is 14.3 Å². The van der Waals surface area contributed by atoms with E-state index in [0.717, 1.165) is 11.3 Å². The zero-order valence-corrected chi connectivity index (χ0v) is 14.2.